The number of aryl methyl sites for hydroxylation is 1. The molecule has 1 aromatic heterocycles. The molecule has 1 saturated carbocycles. The van der Waals surface area contributed by atoms with Gasteiger partial charge in [-0.15, -0.1) is 0 Å². The molecule has 120 valence electrons. The zero-order valence-electron chi connectivity index (χ0n) is 13.5. The Morgan fingerprint density at radius 2 is 2.05 bits per heavy atom. The molecule has 1 heterocycles. The van der Waals surface area contributed by atoms with Gasteiger partial charge >= 0.3 is 0 Å². The van der Waals surface area contributed by atoms with Crippen LogP contribution in [0.25, 0.3) is 0 Å². The number of ether oxygens (including phenoxy) is 1. The summed E-state index contributed by atoms with van der Waals surface area (Å²) in [5.74, 6) is 0. The average molecular weight is 358 g/mol. The molecule has 1 aliphatic rings. The molecule has 0 aliphatic heterocycles. The highest BCUT2D eigenvalue weighted by atomic mass is 79.9. The van der Waals surface area contributed by atoms with E-state index in [9.17, 15) is 0 Å². The third-order valence-electron chi connectivity index (χ3n) is 4.69. The fourth-order valence-electron chi connectivity index (χ4n) is 3.50. The summed E-state index contributed by atoms with van der Waals surface area (Å²) in [6, 6.07) is 0.183. The third-order valence-corrected chi connectivity index (χ3v) is 5.30. The van der Waals surface area contributed by atoms with Crippen LogP contribution in [0.4, 0.5) is 0 Å². The van der Waals surface area contributed by atoms with E-state index in [0.717, 1.165) is 30.3 Å². The van der Waals surface area contributed by atoms with Crippen LogP contribution in [-0.4, -0.2) is 29.0 Å². The van der Waals surface area contributed by atoms with Gasteiger partial charge in [-0.2, -0.15) is 5.10 Å². The van der Waals surface area contributed by atoms with E-state index in [4.69, 9.17) is 4.74 Å². The standard InChI is InChI=1S/C16H28BrN3O/c1-4-11-18-15(14-13(17)12-19-20(14)2)16(21-3)9-7-5-6-8-10-16/h12,15,18H,4-11H2,1-3H3. The van der Waals surface area contributed by atoms with Crippen molar-refractivity contribution in [2.45, 2.75) is 63.5 Å². The zero-order valence-corrected chi connectivity index (χ0v) is 15.1. The van der Waals surface area contributed by atoms with Crippen molar-refractivity contribution >= 4 is 15.9 Å². The number of hydrogen-bond donors (Lipinski definition) is 1. The highest BCUT2D eigenvalue weighted by Gasteiger charge is 2.42. The fraction of sp³-hybridized carbons (Fsp3) is 0.812. The van der Waals surface area contributed by atoms with Gasteiger partial charge in [-0.05, 0) is 41.7 Å². The van der Waals surface area contributed by atoms with Gasteiger partial charge in [-0.3, -0.25) is 4.68 Å². The monoisotopic (exact) mass is 357 g/mol. The van der Waals surface area contributed by atoms with Gasteiger partial charge in [0.2, 0.25) is 0 Å². The highest BCUT2D eigenvalue weighted by molar-refractivity contribution is 9.10. The second-order valence-electron chi connectivity index (χ2n) is 6.07. The SMILES string of the molecule is CCCNC(c1c(Br)cnn1C)C1(OC)CCCCCC1. The molecule has 0 spiro atoms. The van der Waals surface area contributed by atoms with Crippen LogP contribution in [0.1, 0.15) is 63.6 Å². The van der Waals surface area contributed by atoms with Crippen molar-refractivity contribution in [2.24, 2.45) is 7.05 Å². The van der Waals surface area contributed by atoms with Crippen molar-refractivity contribution in [1.29, 1.82) is 0 Å². The first-order valence-electron chi connectivity index (χ1n) is 8.10. The molecule has 1 aromatic rings. The van der Waals surface area contributed by atoms with Crippen LogP contribution < -0.4 is 5.32 Å². The van der Waals surface area contributed by atoms with Gasteiger partial charge in [0.1, 0.15) is 0 Å². The van der Waals surface area contributed by atoms with Crippen LogP contribution in [0.5, 0.6) is 0 Å². The minimum Gasteiger partial charge on any atom is -0.376 e. The van der Waals surface area contributed by atoms with E-state index >= 15 is 0 Å². The summed E-state index contributed by atoms with van der Waals surface area (Å²) in [6.45, 7) is 3.20. The molecular weight excluding hydrogens is 330 g/mol. The number of halogens is 1. The van der Waals surface area contributed by atoms with Crippen molar-refractivity contribution in [3.63, 3.8) is 0 Å². The minimum atomic E-state index is -0.123. The smallest absolute Gasteiger partial charge is 0.0888 e. The second kappa shape index (κ2) is 7.75. The lowest BCUT2D eigenvalue weighted by Crippen LogP contribution is -2.46. The largest absolute Gasteiger partial charge is 0.376 e. The Hall–Kier alpha value is -0.390. The molecule has 0 saturated heterocycles. The summed E-state index contributed by atoms with van der Waals surface area (Å²) >= 11 is 3.67. The number of hydrogen-bond acceptors (Lipinski definition) is 3. The summed E-state index contributed by atoms with van der Waals surface area (Å²) in [5, 5.41) is 8.13. The molecule has 0 amide bonds. The number of rotatable bonds is 6. The summed E-state index contributed by atoms with van der Waals surface area (Å²) in [4.78, 5) is 0. The van der Waals surface area contributed by atoms with E-state index < -0.39 is 0 Å². The topological polar surface area (TPSA) is 39.1 Å². The lowest BCUT2D eigenvalue weighted by atomic mass is 9.84. The van der Waals surface area contributed by atoms with Crippen molar-refractivity contribution in [1.82, 2.24) is 15.1 Å². The quantitative estimate of drug-likeness (QED) is 0.783. The molecule has 5 heteroatoms. The van der Waals surface area contributed by atoms with E-state index in [2.05, 4.69) is 33.3 Å². The molecule has 2 rings (SSSR count). The summed E-state index contributed by atoms with van der Waals surface area (Å²) < 4.78 is 9.17. The van der Waals surface area contributed by atoms with Gasteiger partial charge in [0, 0.05) is 14.2 Å². The molecule has 4 nitrogen and oxygen atoms in total. The molecule has 21 heavy (non-hydrogen) atoms. The number of aromatic nitrogens is 2. The lowest BCUT2D eigenvalue weighted by molar-refractivity contribution is -0.0560. The first-order chi connectivity index (χ1) is 10.1. The maximum Gasteiger partial charge on any atom is 0.0888 e. The van der Waals surface area contributed by atoms with E-state index in [0.29, 0.717) is 0 Å². The molecular formula is C16H28BrN3O. The van der Waals surface area contributed by atoms with Crippen molar-refractivity contribution in [2.75, 3.05) is 13.7 Å². The minimum absolute atomic E-state index is 0.123. The molecule has 1 unspecified atom stereocenters. The van der Waals surface area contributed by atoms with Crippen molar-refractivity contribution in [3.05, 3.63) is 16.4 Å². The molecule has 0 radical (unpaired) electrons. The second-order valence-corrected chi connectivity index (χ2v) is 6.93. The van der Waals surface area contributed by atoms with E-state index in [1.165, 1.54) is 31.4 Å². The predicted molar refractivity (Wildman–Crippen MR) is 89.4 cm³/mol. The highest BCUT2D eigenvalue weighted by Crippen LogP contribution is 2.41. The molecule has 1 N–H and O–H groups in total. The van der Waals surface area contributed by atoms with Gasteiger partial charge in [0.25, 0.3) is 0 Å². The van der Waals surface area contributed by atoms with Crippen molar-refractivity contribution < 1.29 is 4.74 Å². The van der Waals surface area contributed by atoms with Gasteiger partial charge in [0.05, 0.1) is 28.0 Å². The first kappa shape index (κ1) is 17.0. The number of nitrogens with zero attached hydrogens (tertiary/aromatic N) is 2. The van der Waals surface area contributed by atoms with Crippen LogP contribution in [-0.2, 0) is 11.8 Å². The average Bonchev–Trinajstić information content (AvgIpc) is 2.71. The van der Waals surface area contributed by atoms with Gasteiger partial charge in [-0.25, -0.2) is 0 Å². The number of nitrogens with one attached hydrogen (secondary N) is 1. The molecule has 1 fully saturated rings. The van der Waals surface area contributed by atoms with Crippen LogP contribution in [0, 0.1) is 0 Å². The van der Waals surface area contributed by atoms with Crippen molar-refractivity contribution in [3.8, 4) is 0 Å². The lowest BCUT2D eigenvalue weighted by Gasteiger charge is -2.40. The van der Waals surface area contributed by atoms with Crippen LogP contribution in [0.2, 0.25) is 0 Å². The zero-order chi connectivity index (χ0) is 15.3. The van der Waals surface area contributed by atoms with Crippen LogP contribution in [0.3, 0.4) is 0 Å². The third kappa shape index (κ3) is 3.69. The Balaban J connectivity index is 2.37. The maximum atomic E-state index is 6.13. The Morgan fingerprint density at radius 1 is 1.38 bits per heavy atom. The predicted octanol–water partition coefficient (Wildman–Crippen LogP) is 3.96. The molecule has 1 atom stereocenters. The normalized spacial score (nSPS) is 20.2. The van der Waals surface area contributed by atoms with E-state index in [1.54, 1.807) is 0 Å². The summed E-state index contributed by atoms with van der Waals surface area (Å²) in [7, 11) is 3.89. The fourth-order valence-corrected chi connectivity index (χ4v) is 4.08. The van der Waals surface area contributed by atoms with Crippen LogP contribution in [0.15, 0.2) is 10.7 Å². The Bertz CT molecular complexity index is 419. The maximum absolute atomic E-state index is 6.13. The van der Waals surface area contributed by atoms with Crippen LogP contribution >= 0.6 is 15.9 Å². The Kier molecular flexibility index (Phi) is 6.26. The van der Waals surface area contributed by atoms with Gasteiger partial charge < -0.3 is 10.1 Å². The Morgan fingerprint density at radius 3 is 2.52 bits per heavy atom. The first-order valence-corrected chi connectivity index (χ1v) is 8.90. The van der Waals surface area contributed by atoms with E-state index in [1.807, 2.05) is 25.0 Å². The summed E-state index contributed by atoms with van der Waals surface area (Å²) in [6.07, 6.45) is 10.4. The molecule has 1 aliphatic carbocycles. The summed E-state index contributed by atoms with van der Waals surface area (Å²) in [5.41, 5.74) is 1.08. The Labute approximate surface area is 136 Å². The van der Waals surface area contributed by atoms with Gasteiger partial charge in [0.15, 0.2) is 0 Å². The number of methoxy groups -OCH3 is 1. The van der Waals surface area contributed by atoms with E-state index in [-0.39, 0.29) is 11.6 Å². The molecule has 0 aromatic carbocycles. The van der Waals surface area contributed by atoms with Gasteiger partial charge in [-0.1, -0.05) is 32.6 Å². The molecule has 0 bridgehead atoms.